The predicted molar refractivity (Wildman–Crippen MR) is 116 cm³/mol. The van der Waals surface area contributed by atoms with E-state index < -0.39 is 21.3 Å². The number of nitrogens with zero attached hydrogens (tertiary/aromatic N) is 3. The molecule has 160 valence electrons. The van der Waals surface area contributed by atoms with E-state index in [0.29, 0.717) is 19.5 Å². The van der Waals surface area contributed by atoms with Gasteiger partial charge in [-0.25, -0.2) is 12.7 Å². The third-order valence-electron chi connectivity index (χ3n) is 5.09. The van der Waals surface area contributed by atoms with E-state index in [9.17, 15) is 18.0 Å². The minimum absolute atomic E-state index is 0.128. The highest BCUT2D eigenvalue weighted by Crippen LogP contribution is 2.37. The summed E-state index contributed by atoms with van der Waals surface area (Å²) in [4.78, 5) is 31.4. The smallest absolute Gasteiger partial charge is 0.255 e. The Morgan fingerprint density at radius 3 is 2.47 bits per heavy atom. The number of rotatable bonds is 6. The molecule has 1 aromatic carbocycles. The summed E-state index contributed by atoms with van der Waals surface area (Å²) in [6.07, 6.45) is 4.04. The molecule has 1 aliphatic heterocycles. The molecule has 2 heterocycles. The van der Waals surface area contributed by atoms with Crippen LogP contribution in [-0.2, 0) is 21.2 Å². The Morgan fingerprint density at radius 1 is 1.23 bits per heavy atom. The number of carbonyl (C=O) groups excluding carboxylic acids is 2. The number of aromatic nitrogens is 1. The maximum Gasteiger partial charge on any atom is 0.255 e. The van der Waals surface area contributed by atoms with Crippen molar-refractivity contribution in [3.05, 3.63) is 58.9 Å². The van der Waals surface area contributed by atoms with E-state index in [2.05, 4.69) is 4.98 Å². The van der Waals surface area contributed by atoms with E-state index in [4.69, 9.17) is 11.6 Å². The minimum atomic E-state index is -3.81. The Morgan fingerprint density at radius 2 is 1.90 bits per heavy atom. The molecule has 30 heavy (non-hydrogen) atoms. The summed E-state index contributed by atoms with van der Waals surface area (Å²) in [5.74, 6) is -1.12. The van der Waals surface area contributed by atoms with Crippen LogP contribution >= 0.6 is 11.6 Å². The van der Waals surface area contributed by atoms with Crippen LogP contribution in [0.5, 0.6) is 0 Å². The van der Waals surface area contributed by atoms with Crippen molar-refractivity contribution >= 4 is 39.1 Å². The van der Waals surface area contributed by atoms with Gasteiger partial charge in [-0.2, -0.15) is 0 Å². The van der Waals surface area contributed by atoms with Crippen molar-refractivity contribution in [3.63, 3.8) is 0 Å². The maximum absolute atomic E-state index is 13.1. The Kier molecular flexibility index (Phi) is 6.19. The third kappa shape index (κ3) is 4.34. The molecular weight excluding hydrogens is 426 g/mol. The predicted octanol–water partition coefficient (Wildman–Crippen LogP) is 3.14. The van der Waals surface area contributed by atoms with Crippen molar-refractivity contribution in [1.29, 1.82) is 0 Å². The number of hydrogen-bond acceptors (Lipinski definition) is 5. The fraction of sp³-hybridized carbons (Fsp3) is 0.381. The van der Waals surface area contributed by atoms with Gasteiger partial charge in [-0.05, 0) is 63.1 Å². The van der Waals surface area contributed by atoms with Crippen LogP contribution < -0.4 is 4.31 Å². The number of carbonyl (C=O) groups is 2. The van der Waals surface area contributed by atoms with Crippen LogP contribution in [0, 0.1) is 5.41 Å². The highest BCUT2D eigenvalue weighted by Gasteiger charge is 2.50. The van der Waals surface area contributed by atoms with Gasteiger partial charge in [0.05, 0.1) is 27.4 Å². The van der Waals surface area contributed by atoms with Gasteiger partial charge in [0.25, 0.3) is 5.91 Å². The van der Waals surface area contributed by atoms with E-state index in [-0.39, 0.29) is 27.9 Å². The first-order valence-corrected chi connectivity index (χ1v) is 11.6. The Balaban J connectivity index is 1.89. The van der Waals surface area contributed by atoms with E-state index in [1.165, 1.54) is 18.2 Å². The summed E-state index contributed by atoms with van der Waals surface area (Å²) < 4.78 is 25.9. The zero-order valence-corrected chi connectivity index (χ0v) is 18.7. The molecule has 2 amide bonds. The second-order valence-corrected chi connectivity index (χ2v) is 10.1. The first kappa shape index (κ1) is 22.2. The fourth-order valence-corrected chi connectivity index (χ4v) is 5.75. The molecule has 0 spiro atoms. The number of likely N-dealkylation sites (N-methyl/N-ethyl adjacent to an activating group) is 1. The average Bonchev–Trinajstić information content (AvgIpc) is 2.86. The zero-order valence-electron chi connectivity index (χ0n) is 17.1. The van der Waals surface area contributed by atoms with Crippen LogP contribution in [-0.4, -0.2) is 49.0 Å². The van der Waals surface area contributed by atoms with Gasteiger partial charge < -0.3 is 4.90 Å². The van der Waals surface area contributed by atoms with Crippen molar-refractivity contribution in [2.24, 2.45) is 5.41 Å². The van der Waals surface area contributed by atoms with Gasteiger partial charge in [0.1, 0.15) is 0 Å². The van der Waals surface area contributed by atoms with Gasteiger partial charge in [-0.1, -0.05) is 11.6 Å². The summed E-state index contributed by atoms with van der Waals surface area (Å²) in [6.45, 7) is 5.96. The SMILES string of the molecule is CCN(CCc1ccncc1)C(=O)c1cc(N2C(=O)C(C)(C)CS2(=O)=O)ccc1Cl. The van der Waals surface area contributed by atoms with Gasteiger partial charge in [0, 0.05) is 25.5 Å². The van der Waals surface area contributed by atoms with Gasteiger partial charge in [-0.3, -0.25) is 14.6 Å². The first-order chi connectivity index (χ1) is 14.1. The number of anilines is 1. The van der Waals surface area contributed by atoms with Crippen molar-refractivity contribution in [2.75, 3.05) is 23.1 Å². The molecule has 0 bridgehead atoms. The lowest BCUT2D eigenvalue weighted by molar-refractivity contribution is -0.123. The van der Waals surface area contributed by atoms with Crippen molar-refractivity contribution in [3.8, 4) is 0 Å². The Bertz CT molecular complexity index is 1070. The summed E-state index contributed by atoms with van der Waals surface area (Å²) >= 11 is 6.27. The molecule has 0 saturated carbocycles. The highest BCUT2D eigenvalue weighted by molar-refractivity contribution is 7.94. The molecule has 0 atom stereocenters. The number of benzene rings is 1. The van der Waals surface area contributed by atoms with E-state index in [1.807, 2.05) is 19.1 Å². The molecule has 0 radical (unpaired) electrons. The lowest BCUT2D eigenvalue weighted by Gasteiger charge is -2.23. The maximum atomic E-state index is 13.1. The fourth-order valence-electron chi connectivity index (χ4n) is 3.45. The Labute approximate surface area is 181 Å². The summed E-state index contributed by atoms with van der Waals surface area (Å²) in [5.41, 5.74) is 0.317. The molecule has 9 heteroatoms. The van der Waals surface area contributed by atoms with Gasteiger partial charge >= 0.3 is 0 Å². The van der Waals surface area contributed by atoms with Gasteiger partial charge in [0.2, 0.25) is 15.9 Å². The van der Waals surface area contributed by atoms with Crippen LogP contribution in [0.25, 0.3) is 0 Å². The average molecular weight is 450 g/mol. The molecule has 1 aliphatic rings. The molecule has 1 saturated heterocycles. The molecular formula is C21H24ClN3O4S. The zero-order chi connectivity index (χ0) is 22.1. The second-order valence-electron chi connectivity index (χ2n) is 7.86. The van der Waals surface area contributed by atoms with Gasteiger partial charge in [-0.15, -0.1) is 0 Å². The minimum Gasteiger partial charge on any atom is -0.339 e. The molecule has 0 aliphatic carbocycles. The largest absolute Gasteiger partial charge is 0.339 e. The van der Waals surface area contributed by atoms with Crippen molar-refractivity contribution in [1.82, 2.24) is 9.88 Å². The molecule has 2 aromatic rings. The molecule has 7 nitrogen and oxygen atoms in total. The van der Waals surface area contributed by atoms with Crippen LogP contribution in [0.2, 0.25) is 5.02 Å². The molecule has 1 fully saturated rings. The standard InChI is InChI=1S/C21H24ClN3O4S/c1-4-24(12-9-15-7-10-23-11-8-15)19(26)17-13-16(5-6-18(17)22)25-20(27)21(2,3)14-30(25,28)29/h5-8,10-11,13H,4,9,12,14H2,1-3H3. The van der Waals surface area contributed by atoms with E-state index in [0.717, 1.165) is 9.87 Å². The quantitative estimate of drug-likeness (QED) is 0.676. The molecule has 0 N–H and O–H groups in total. The van der Waals surface area contributed by atoms with E-state index >= 15 is 0 Å². The molecule has 0 unspecified atom stereocenters. The highest BCUT2D eigenvalue weighted by atomic mass is 35.5. The van der Waals surface area contributed by atoms with Gasteiger partial charge in [0.15, 0.2) is 0 Å². The van der Waals surface area contributed by atoms with Crippen molar-refractivity contribution < 1.29 is 18.0 Å². The molecule has 1 aromatic heterocycles. The summed E-state index contributed by atoms with van der Waals surface area (Å²) in [5, 5.41) is 0.203. The lowest BCUT2D eigenvalue weighted by Crippen LogP contribution is -2.34. The van der Waals surface area contributed by atoms with Crippen LogP contribution in [0.1, 0.15) is 36.7 Å². The van der Waals surface area contributed by atoms with Crippen molar-refractivity contribution in [2.45, 2.75) is 27.2 Å². The monoisotopic (exact) mass is 449 g/mol. The number of amides is 2. The van der Waals surface area contributed by atoms with Crippen LogP contribution in [0.4, 0.5) is 5.69 Å². The first-order valence-electron chi connectivity index (χ1n) is 9.62. The lowest BCUT2D eigenvalue weighted by atomic mass is 9.95. The second kappa shape index (κ2) is 8.35. The Hall–Kier alpha value is -2.45. The van der Waals surface area contributed by atoms with Crippen LogP contribution in [0.15, 0.2) is 42.7 Å². The topological polar surface area (TPSA) is 87.7 Å². The van der Waals surface area contributed by atoms with Crippen LogP contribution in [0.3, 0.4) is 0 Å². The number of pyridine rings is 1. The van der Waals surface area contributed by atoms with E-state index in [1.54, 1.807) is 31.1 Å². The number of sulfonamides is 1. The third-order valence-corrected chi connectivity index (χ3v) is 7.44. The molecule has 3 rings (SSSR count). The number of hydrogen-bond donors (Lipinski definition) is 0. The summed E-state index contributed by atoms with van der Waals surface area (Å²) in [6, 6.07) is 8.06. The summed E-state index contributed by atoms with van der Waals surface area (Å²) in [7, 11) is -3.81. The normalized spacial score (nSPS) is 17.2. The number of halogens is 1.